The molecule has 5 aliphatic rings. The summed E-state index contributed by atoms with van der Waals surface area (Å²) in [6.45, 7) is 13.6. The lowest BCUT2D eigenvalue weighted by Crippen LogP contribution is -2.63. The van der Waals surface area contributed by atoms with Crippen molar-refractivity contribution in [3.05, 3.63) is 12.2 Å². The van der Waals surface area contributed by atoms with Crippen LogP contribution in [0.3, 0.4) is 0 Å². The van der Waals surface area contributed by atoms with Crippen LogP contribution < -0.4 is 0 Å². The zero-order valence-corrected chi connectivity index (χ0v) is 17.0. The minimum Gasteiger partial charge on any atom is -0.393 e. The van der Waals surface area contributed by atoms with Crippen LogP contribution in [0.4, 0.5) is 0 Å². The predicted octanol–water partition coefficient (Wildman–Crippen LogP) is 4.69. The molecule has 1 N–H and O–H groups in total. The van der Waals surface area contributed by atoms with Crippen LogP contribution in [0.15, 0.2) is 12.2 Å². The quantitative estimate of drug-likeness (QED) is 0.637. The molecule has 4 saturated carbocycles. The van der Waals surface area contributed by atoms with E-state index in [1.165, 1.54) is 31.3 Å². The maximum Gasteiger partial charge on any atom is 0.163 e. The summed E-state index contributed by atoms with van der Waals surface area (Å²) in [5.41, 5.74) is 2.04. The largest absolute Gasteiger partial charge is 0.393 e. The van der Waals surface area contributed by atoms with Gasteiger partial charge in [-0.25, -0.2) is 0 Å². The van der Waals surface area contributed by atoms with Crippen LogP contribution >= 0.6 is 0 Å². The second-order valence-electron chi connectivity index (χ2n) is 11.0. The van der Waals surface area contributed by atoms with Crippen LogP contribution in [0.2, 0.25) is 0 Å². The van der Waals surface area contributed by atoms with Crippen molar-refractivity contribution in [1.29, 1.82) is 0 Å². The van der Waals surface area contributed by atoms with E-state index in [-0.39, 0.29) is 23.7 Å². The number of rotatable bonds is 0. The van der Waals surface area contributed by atoms with E-state index in [2.05, 4.69) is 34.3 Å². The smallest absolute Gasteiger partial charge is 0.163 e. The average molecular weight is 361 g/mol. The fourth-order valence-corrected chi connectivity index (χ4v) is 8.07. The summed E-state index contributed by atoms with van der Waals surface area (Å²) < 4.78 is 13.1. The van der Waals surface area contributed by atoms with Gasteiger partial charge in [0.15, 0.2) is 5.79 Å². The molecule has 0 bridgehead atoms. The molecule has 9 atom stereocenters. The van der Waals surface area contributed by atoms with Crippen LogP contribution in [0.1, 0.15) is 72.6 Å². The molecule has 0 spiro atoms. The van der Waals surface area contributed by atoms with Crippen LogP contribution in [0.25, 0.3) is 0 Å². The third kappa shape index (κ3) is 2.17. The van der Waals surface area contributed by atoms with Crippen LogP contribution in [0.5, 0.6) is 0 Å². The zero-order valence-electron chi connectivity index (χ0n) is 17.0. The highest BCUT2D eigenvalue weighted by atomic mass is 16.8. The van der Waals surface area contributed by atoms with Gasteiger partial charge in [0.2, 0.25) is 0 Å². The fourth-order valence-electron chi connectivity index (χ4n) is 8.07. The molecule has 5 fully saturated rings. The van der Waals surface area contributed by atoms with Crippen LogP contribution in [0, 0.1) is 34.5 Å². The van der Waals surface area contributed by atoms with E-state index in [4.69, 9.17) is 9.47 Å². The van der Waals surface area contributed by atoms with Gasteiger partial charge in [0.25, 0.3) is 0 Å². The molecule has 3 nitrogen and oxygen atoms in total. The highest BCUT2D eigenvalue weighted by Crippen LogP contribution is 2.69. The Hall–Kier alpha value is -0.380. The molecule has 0 radical (unpaired) electrons. The predicted molar refractivity (Wildman–Crippen MR) is 101 cm³/mol. The summed E-state index contributed by atoms with van der Waals surface area (Å²) in [4.78, 5) is 0. The van der Waals surface area contributed by atoms with Gasteiger partial charge < -0.3 is 14.6 Å². The summed E-state index contributed by atoms with van der Waals surface area (Å²) in [6.07, 6.45) is 8.15. The number of aliphatic hydroxyl groups is 1. The third-order valence-corrected chi connectivity index (χ3v) is 9.46. The molecular formula is C23H36O3. The first-order chi connectivity index (χ1) is 12.2. The Kier molecular flexibility index (Phi) is 3.65. The highest BCUT2D eigenvalue weighted by Gasteiger charge is 2.67. The first-order valence-corrected chi connectivity index (χ1v) is 10.9. The molecule has 146 valence electrons. The van der Waals surface area contributed by atoms with E-state index in [1.807, 2.05) is 0 Å². The van der Waals surface area contributed by atoms with E-state index in [0.29, 0.717) is 29.1 Å². The van der Waals surface area contributed by atoms with Crippen molar-refractivity contribution in [2.45, 2.75) is 96.7 Å². The van der Waals surface area contributed by atoms with Gasteiger partial charge in [0.1, 0.15) is 0 Å². The van der Waals surface area contributed by atoms with Gasteiger partial charge in [-0.2, -0.15) is 0 Å². The molecule has 0 aromatic heterocycles. The lowest BCUT2D eigenvalue weighted by Gasteiger charge is -2.62. The highest BCUT2D eigenvalue weighted by molar-refractivity contribution is 5.23. The van der Waals surface area contributed by atoms with E-state index in [9.17, 15) is 5.11 Å². The van der Waals surface area contributed by atoms with Crippen molar-refractivity contribution in [2.24, 2.45) is 34.5 Å². The Morgan fingerprint density at radius 3 is 2.42 bits per heavy atom. The van der Waals surface area contributed by atoms with Crippen LogP contribution in [-0.4, -0.2) is 29.2 Å². The summed E-state index contributed by atoms with van der Waals surface area (Å²) in [7, 11) is 0. The molecule has 0 aromatic rings. The van der Waals surface area contributed by atoms with Gasteiger partial charge in [0.05, 0.1) is 18.3 Å². The Balaban J connectivity index is 1.59. The van der Waals surface area contributed by atoms with Crippen molar-refractivity contribution in [3.63, 3.8) is 0 Å². The van der Waals surface area contributed by atoms with E-state index < -0.39 is 5.79 Å². The lowest BCUT2D eigenvalue weighted by molar-refractivity contribution is -0.182. The molecule has 2 unspecified atom stereocenters. The Labute approximate surface area is 158 Å². The Morgan fingerprint density at radius 1 is 0.923 bits per heavy atom. The van der Waals surface area contributed by atoms with Gasteiger partial charge in [-0.3, -0.25) is 0 Å². The Bertz CT molecular complexity index is 627. The molecular weight excluding hydrogens is 324 g/mol. The maximum atomic E-state index is 10.4. The average Bonchev–Trinajstić information content (AvgIpc) is 3.05. The summed E-state index contributed by atoms with van der Waals surface area (Å²) >= 11 is 0. The van der Waals surface area contributed by atoms with E-state index >= 15 is 0 Å². The number of ether oxygens (including phenoxy) is 2. The molecule has 0 aromatic carbocycles. The van der Waals surface area contributed by atoms with Crippen molar-refractivity contribution in [3.8, 4) is 0 Å². The number of hydrogen-bond acceptors (Lipinski definition) is 3. The number of fused-ring (bicyclic) bond motifs is 8. The van der Waals surface area contributed by atoms with Gasteiger partial charge in [-0.05, 0) is 93.3 Å². The summed E-state index contributed by atoms with van der Waals surface area (Å²) in [6, 6.07) is 0. The molecule has 26 heavy (non-hydrogen) atoms. The first kappa shape index (κ1) is 17.7. The minimum atomic E-state index is -0.503. The Morgan fingerprint density at radius 2 is 1.65 bits per heavy atom. The second-order valence-corrected chi connectivity index (χ2v) is 11.0. The third-order valence-electron chi connectivity index (χ3n) is 9.46. The number of allylic oxidation sites excluding steroid dienone is 1. The molecule has 3 heteroatoms. The number of hydrogen-bond donors (Lipinski definition) is 1. The molecule has 1 saturated heterocycles. The topological polar surface area (TPSA) is 38.7 Å². The second kappa shape index (κ2) is 5.36. The minimum absolute atomic E-state index is 0.141. The maximum absolute atomic E-state index is 10.4. The van der Waals surface area contributed by atoms with Gasteiger partial charge in [-0.15, -0.1) is 0 Å². The molecule has 4 aliphatic carbocycles. The monoisotopic (exact) mass is 360 g/mol. The van der Waals surface area contributed by atoms with Crippen molar-refractivity contribution in [2.75, 3.05) is 0 Å². The molecule has 5 rings (SSSR count). The number of aliphatic hydroxyl groups excluding tert-OH is 1. The lowest BCUT2D eigenvalue weighted by atomic mass is 9.43. The fraction of sp³-hybridized carbons (Fsp3) is 0.913. The van der Waals surface area contributed by atoms with E-state index in [0.717, 1.165) is 19.3 Å². The van der Waals surface area contributed by atoms with Gasteiger partial charge in [0, 0.05) is 0 Å². The van der Waals surface area contributed by atoms with E-state index in [1.54, 1.807) is 0 Å². The molecule has 1 aliphatic heterocycles. The van der Waals surface area contributed by atoms with Crippen LogP contribution in [-0.2, 0) is 9.47 Å². The van der Waals surface area contributed by atoms with Crippen molar-refractivity contribution < 1.29 is 14.6 Å². The summed E-state index contributed by atoms with van der Waals surface area (Å²) in [5, 5.41) is 10.4. The summed E-state index contributed by atoms with van der Waals surface area (Å²) in [5.74, 6) is 1.88. The first-order valence-electron chi connectivity index (χ1n) is 10.9. The molecule has 1 heterocycles. The van der Waals surface area contributed by atoms with Gasteiger partial charge >= 0.3 is 0 Å². The zero-order chi connectivity index (χ0) is 18.5. The molecule has 0 amide bonds. The van der Waals surface area contributed by atoms with Gasteiger partial charge in [-0.1, -0.05) is 26.0 Å². The van der Waals surface area contributed by atoms with Crippen molar-refractivity contribution >= 4 is 0 Å². The normalized spacial score (nSPS) is 57.9. The standard InChI is InChI=1S/C23H36O3/c1-13-6-7-15-18-16(9-11-22(13,15)4)23(5)10-8-14(24)12-17(23)19-20(18)26-21(2,3)25-19/h14-20,24H,1,6-12H2,2-5H3/t14-,15?,16-,17+,18?,19+,20+,22+,23+/m0/s1. The van der Waals surface area contributed by atoms with Crippen molar-refractivity contribution in [1.82, 2.24) is 0 Å². The SMILES string of the molecule is C=C1CCC2C3[C@H]4OC(C)(C)O[C@@H]4[C@H]4C[C@@H](O)CC[C@]4(C)[C@H]3CC[C@]12C.